The Morgan fingerprint density at radius 1 is 0.892 bits per heavy atom. The van der Waals surface area contributed by atoms with Gasteiger partial charge in [-0.05, 0) is 53.3 Å². The van der Waals surface area contributed by atoms with Crippen LogP contribution in [0.25, 0.3) is 33.2 Å². The number of hydrogen-bond acceptors (Lipinski definition) is 5. The van der Waals surface area contributed by atoms with Crippen molar-refractivity contribution in [3.8, 4) is 22.4 Å². The zero-order valence-electron chi connectivity index (χ0n) is 21.4. The number of hydrogen-bond donors (Lipinski definition) is 1. The first-order chi connectivity index (χ1) is 18.2. The van der Waals surface area contributed by atoms with E-state index in [1.165, 1.54) is 32.1 Å². The highest BCUT2D eigenvalue weighted by Gasteiger charge is 2.27. The average molecular weight is 494 g/mol. The molecule has 6 nitrogen and oxygen atoms in total. The Morgan fingerprint density at radius 3 is 2.49 bits per heavy atom. The van der Waals surface area contributed by atoms with Gasteiger partial charge in [-0.2, -0.15) is 0 Å². The number of rotatable bonds is 6. The number of fused-ring (bicyclic) bond motifs is 2. The van der Waals surface area contributed by atoms with Crippen molar-refractivity contribution in [1.82, 2.24) is 14.5 Å². The minimum absolute atomic E-state index is 0.0117. The summed E-state index contributed by atoms with van der Waals surface area (Å²) >= 11 is 0. The molecule has 1 aliphatic heterocycles. The van der Waals surface area contributed by atoms with Gasteiger partial charge in [-0.15, -0.1) is 0 Å². The van der Waals surface area contributed by atoms with Crippen LogP contribution in [0.1, 0.15) is 44.9 Å². The van der Waals surface area contributed by atoms with Crippen LogP contribution in [0.5, 0.6) is 0 Å². The molecule has 1 unspecified atom stereocenters. The first-order valence-corrected chi connectivity index (χ1v) is 13.7. The lowest BCUT2D eigenvalue weighted by Crippen LogP contribution is -2.45. The fourth-order valence-electron chi connectivity index (χ4n) is 6.21. The standard InChI is InChI=1S/C31H35N5O/c32-27(19-22-7-2-1-3-8-22)21-35-17-6-18-36-30(37)28(26-12-11-23-9-4-5-10-25(23)20-26)29(34-31(35)36)24-13-15-33-16-14-24/h4-5,9-16,20,22,27H,1-3,6-8,17-19,21,32H2. The number of anilines is 1. The van der Waals surface area contributed by atoms with Gasteiger partial charge in [0.1, 0.15) is 0 Å². The van der Waals surface area contributed by atoms with Crippen molar-refractivity contribution in [1.29, 1.82) is 0 Å². The van der Waals surface area contributed by atoms with E-state index in [9.17, 15) is 4.79 Å². The summed E-state index contributed by atoms with van der Waals surface area (Å²) in [4.78, 5) is 25.8. The van der Waals surface area contributed by atoms with E-state index in [1.54, 1.807) is 12.4 Å². The molecule has 2 N–H and O–H groups in total. The Hall–Kier alpha value is -3.51. The van der Waals surface area contributed by atoms with Crippen molar-refractivity contribution in [2.24, 2.45) is 11.7 Å². The molecule has 0 saturated heterocycles. The van der Waals surface area contributed by atoms with Gasteiger partial charge in [-0.1, -0.05) is 68.5 Å². The molecule has 1 fully saturated rings. The van der Waals surface area contributed by atoms with E-state index in [4.69, 9.17) is 10.7 Å². The van der Waals surface area contributed by atoms with Crippen LogP contribution in [-0.2, 0) is 6.54 Å². The molecule has 3 heterocycles. The van der Waals surface area contributed by atoms with Crippen LogP contribution in [0, 0.1) is 5.92 Å². The van der Waals surface area contributed by atoms with E-state index in [0.717, 1.165) is 59.7 Å². The zero-order chi connectivity index (χ0) is 25.2. The van der Waals surface area contributed by atoms with Crippen molar-refractivity contribution >= 4 is 16.7 Å². The summed E-state index contributed by atoms with van der Waals surface area (Å²) in [6, 6.07) is 18.4. The number of pyridine rings is 1. The maximum Gasteiger partial charge on any atom is 0.263 e. The zero-order valence-corrected chi connectivity index (χ0v) is 21.4. The van der Waals surface area contributed by atoms with Gasteiger partial charge in [0, 0.05) is 43.6 Å². The highest BCUT2D eigenvalue weighted by Crippen LogP contribution is 2.33. The van der Waals surface area contributed by atoms with Crippen LogP contribution < -0.4 is 16.2 Å². The maximum atomic E-state index is 14.1. The number of nitrogens with zero attached hydrogens (tertiary/aromatic N) is 4. The molecular weight excluding hydrogens is 458 g/mol. The quantitative estimate of drug-likeness (QED) is 0.376. The molecule has 1 saturated carbocycles. The van der Waals surface area contributed by atoms with Gasteiger partial charge in [-0.3, -0.25) is 14.3 Å². The normalized spacial score (nSPS) is 17.1. The lowest BCUT2D eigenvalue weighted by atomic mass is 9.85. The fourth-order valence-corrected chi connectivity index (χ4v) is 6.21. The van der Waals surface area contributed by atoms with Crippen molar-refractivity contribution in [3.63, 3.8) is 0 Å². The van der Waals surface area contributed by atoms with Crippen LogP contribution in [-0.4, -0.2) is 33.7 Å². The third-order valence-electron chi connectivity index (χ3n) is 8.05. The minimum Gasteiger partial charge on any atom is -0.341 e. The van der Waals surface area contributed by atoms with Gasteiger partial charge in [0.25, 0.3) is 5.56 Å². The van der Waals surface area contributed by atoms with Crippen molar-refractivity contribution in [2.75, 3.05) is 18.0 Å². The summed E-state index contributed by atoms with van der Waals surface area (Å²) in [5.74, 6) is 1.47. The van der Waals surface area contributed by atoms with E-state index in [2.05, 4.69) is 34.1 Å². The molecule has 2 aromatic heterocycles. The summed E-state index contributed by atoms with van der Waals surface area (Å²) in [5.41, 5.74) is 9.85. The van der Waals surface area contributed by atoms with E-state index in [-0.39, 0.29) is 11.6 Å². The third-order valence-corrected chi connectivity index (χ3v) is 8.05. The van der Waals surface area contributed by atoms with E-state index < -0.39 is 0 Å². The van der Waals surface area contributed by atoms with E-state index in [1.807, 2.05) is 34.9 Å². The molecule has 4 aromatic rings. The number of aromatic nitrogens is 3. The summed E-state index contributed by atoms with van der Waals surface area (Å²) in [7, 11) is 0. The SMILES string of the molecule is NC(CC1CCCCC1)CN1CCCn2c1nc(-c1ccncc1)c(-c1ccc3ccccc3c1)c2=O. The van der Waals surface area contributed by atoms with Gasteiger partial charge in [-0.25, -0.2) is 4.98 Å². The van der Waals surface area contributed by atoms with Crippen molar-refractivity contribution in [3.05, 3.63) is 77.3 Å². The van der Waals surface area contributed by atoms with Crippen LogP contribution >= 0.6 is 0 Å². The average Bonchev–Trinajstić information content (AvgIpc) is 2.94. The molecule has 37 heavy (non-hydrogen) atoms. The molecule has 0 radical (unpaired) electrons. The number of benzene rings is 2. The Morgan fingerprint density at radius 2 is 1.68 bits per heavy atom. The van der Waals surface area contributed by atoms with Gasteiger partial charge in [0.05, 0.1) is 11.3 Å². The molecule has 1 aliphatic carbocycles. The summed E-state index contributed by atoms with van der Waals surface area (Å²) in [6.07, 6.45) is 12.1. The summed E-state index contributed by atoms with van der Waals surface area (Å²) < 4.78 is 1.87. The Bertz CT molecular complexity index is 1440. The lowest BCUT2D eigenvalue weighted by Gasteiger charge is -2.34. The lowest BCUT2D eigenvalue weighted by molar-refractivity contribution is 0.316. The molecule has 190 valence electrons. The molecule has 6 heteroatoms. The molecule has 2 aromatic carbocycles. The van der Waals surface area contributed by atoms with Crippen LogP contribution in [0.15, 0.2) is 71.8 Å². The van der Waals surface area contributed by atoms with Crippen LogP contribution in [0.3, 0.4) is 0 Å². The number of nitrogens with two attached hydrogens (primary N) is 1. The molecule has 6 rings (SSSR count). The minimum atomic E-state index is 0.0117. The second kappa shape index (κ2) is 10.5. The van der Waals surface area contributed by atoms with Crippen LogP contribution in [0.2, 0.25) is 0 Å². The molecule has 0 spiro atoms. The summed E-state index contributed by atoms with van der Waals surface area (Å²) in [6.45, 7) is 2.27. The van der Waals surface area contributed by atoms with E-state index >= 15 is 0 Å². The first-order valence-electron chi connectivity index (χ1n) is 13.7. The summed E-state index contributed by atoms with van der Waals surface area (Å²) in [5, 5.41) is 2.26. The van der Waals surface area contributed by atoms with Gasteiger partial charge in [0.15, 0.2) is 0 Å². The second-order valence-corrected chi connectivity index (χ2v) is 10.7. The Balaban J connectivity index is 1.42. The highest BCUT2D eigenvalue weighted by atomic mass is 16.1. The van der Waals surface area contributed by atoms with Crippen molar-refractivity contribution < 1.29 is 0 Å². The smallest absolute Gasteiger partial charge is 0.263 e. The molecule has 0 amide bonds. The molecule has 0 bridgehead atoms. The largest absolute Gasteiger partial charge is 0.341 e. The highest BCUT2D eigenvalue weighted by molar-refractivity contribution is 5.90. The van der Waals surface area contributed by atoms with Gasteiger partial charge < -0.3 is 10.6 Å². The predicted octanol–water partition coefficient (Wildman–Crippen LogP) is 5.63. The molecule has 2 aliphatic rings. The third kappa shape index (κ3) is 4.90. The van der Waals surface area contributed by atoms with Gasteiger partial charge >= 0.3 is 0 Å². The van der Waals surface area contributed by atoms with E-state index in [0.29, 0.717) is 17.8 Å². The fraction of sp³-hybridized carbons (Fsp3) is 0.387. The Kier molecular flexibility index (Phi) is 6.75. The Labute approximate surface area is 218 Å². The molecule has 1 atom stereocenters. The topological polar surface area (TPSA) is 77.0 Å². The van der Waals surface area contributed by atoms with Crippen LogP contribution in [0.4, 0.5) is 5.95 Å². The second-order valence-electron chi connectivity index (χ2n) is 10.7. The monoisotopic (exact) mass is 493 g/mol. The predicted molar refractivity (Wildman–Crippen MR) is 151 cm³/mol. The first kappa shape index (κ1) is 23.9. The molecular formula is C31H35N5O. The maximum absolute atomic E-state index is 14.1. The van der Waals surface area contributed by atoms with Gasteiger partial charge in [0.2, 0.25) is 5.95 Å². The van der Waals surface area contributed by atoms with Crippen molar-refractivity contribution in [2.45, 2.75) is 57.5 Å².